The number of fused-ring (bicyclic) bond motifs is 6. The zero-order chi connectivity index (χ0) is 37.0. The summed E-state index contributed by atoms with van der Waals surface area (Å²) in [5.41, 5.74) is 12.0. The second-order valence-electron chi connectivity index (χ2n) is 14.0. The van der Waals surface area contributed by atoms with Crippen LogP contribution >= 0.6 is 0 Å². The molecule has 0 aliphatic rings. The van der Waals surface area contributed by atoms with Crippen LogP contribution in [-0.4, -0.2) is 19.5 Å². The van der Waals surface area contributed by atoms with E-state index >= 15 is 0 Å². The van der Waals surface area contributed by atoms with E-state index in [9.17, 15) is 0 Å². The Morgan fingerprint density at radius 3 is 1.55 bits per heavy atom. The Morgan fingerprint density at radius 1 is 0.339 bits per heavy atom. The number of hydrogen-bond acceptors (Lipinski definition) is 4. The topological polar surface area (TPSA) is 56.7 Å². The van der Waals surface area contributed by atoms with Crippen LogP contribution in [0.3, 0.4) is 0 Å². The summed E-state index contributed by atoms with van der Waals surface area (Å²) in [5, 5.41) is 4.56. The monoisotopic (exact) mass is 716 g/mol. The maximum Gasteiger partial charge on any atom is 0.164 e. The van der Waals surface area contributed by atoms with E-state index < -0.39 is 0 Å². The second kappa shape index (κ2) is 13.0. The molecule has 3 aromatic heterocycles. The number of benzene rings is 8. The lowest BCUT2D eigenvalue weighted by Gasteiger charge is -2.12. The van der Waals surface area contributed by atoms with Crippen LogP contribution in [0.25, 0.3) is 106 Å². The predicted molar refractivity (Wildman–Crippen MR) is 229 cm³/mol. The van der Waals surface area contributed by atoms with Crippen LogP contribution < -0.4 is 0 Å². The van der Waals surface area contributed by atoms with Gasteiger partial charge in [0.2, 0.25) is 0 Å². The third-order valence-electron chi connectivity index (χ3n) is 10.6. The predicted octanol–water partition coefficient (Wildman–Crippen LogP) is 13.2. The standard InChI is InChI=1S/C51H32N4O/c1-4-15-33(16-5-1)36-27-28-42-46(31-36)56-47-32-38(30-43(48(42)47)34-17-6-2-7-18-34)51-53-49(35-19-8-3-9-20-35)52-50(54-51)37-21-14-22-39(29-37)55-44-25-12-10-23-40(44)41-24-11-13-26-45(41)55/h1-32H. The van der Waals surface area contributed by atoms with Gasteiger partial charge in [-0.1, -0.05) is 146 Å². The summed E-state index contributed by atoms with van der Waals surface area (Å²) in [5.74, 6) is 1.77. The van der Waals surface area contributed by atoms with Crippen molar-refractivity contribution in [1.29, 1.82) is 0 Å². The van der Waals surface area contributed by atoms with Crippen LogP contribution in [0.4, 0.5) is 0 Å². The van der Waals surface area contributed by atoms with Crippen LogP contribution in [-0.2, 0) is 0 Å². The molecule has 0 spiro atoms. The van der Waals surface area contributed by atoms with E-state index in [2.05, 4.69) is 156 Å². The van der Waals surface area contributed by atoms with Gasteiger partial charge in [0.15, 0.2) is 17.5 Å². The van der Waals surface area contributed by atoms with Crippen LogP contribution in [0, 0.1) is 0 Å². The maximum atomic E-state index is 6.72. The lowest BCUT2D eigenvalue weighted by atomic mass is 9.96. The molecular formula is C51H32N4O. The van der Waals surface area contributed by atoms with Gasteiger partial charge >= 0.3 is 0 Å². The minimum atomic E-state index is 0.570. The van der Waals surface area contributed by atoms with Gasteiger partial charge in [-0.2, -0.15) is 0 Å². The normalized spacial score (nSPS) is 11.6. The fraction of sp³-hybridized carbons (Fsp3) is 0. The molecule has 11 rings (SSSR count). The number of aromatic nitrogens is 4. The summed E-state index contributed by atoms with van der Waals surface area (Å²) in [6.45, 7) is 0. The molecule has 0 N–H and O–H groups in total. The van der Waals surface area contributed by atoms with Gasteiger partial charge in [-0.25, -0.2) is 15.0 Å². The van der Waals surface area contributed by atoms with Gasteiger partial charge in [0.1, 0.15) is 11.2 Å². The Balaban J connectivity index is 1.12. The number of hydrogen-bond donors (Lipinski definition) is 0. The van der Waals surface area contributed by atoms with Crippen LogP contribution in [0.1, 0.15) is 0 Å². The fourth-order valence-corrected chi connectivity index (χ4v) is 8.03. The quantitative estimate of drug-likeness (QED) is 0.172. The molecule has 0 saturated carbocycles. The first-order valence-electron chi connectivity index (χ1n) is 18.8. The summed E-state index contributed by atoms with van der Waals surface area (Å²) in [4.78, 5) is 15.5. The van der Waals surface area contributed by atoms with E-state index in [1.54, 1.807) is 0 Å². The molecule has 0 radical (unpaired) electrons. The number of rotatable bonds is 6. The molecule has 0 unspecified atom stereocenters. The van der Waals surface area contributed by atoms with Crippen LogP contribution in [0.15, 0.2) is 199 Å². The highest BCUT2D eigenvalue weighted by molar-refractivity contribution is 6.14. The van der Waals surface area contributed by atoms with Gasteiger partial charge in [-0.05, 0) is 70.8 Å². The summed E-state index contributed by atoms with van der Waals surface area (Å²) in [7, 11) is 0. The zero-order valence-corrected chi connectivity index (χ0v) is 30.2. The first kappa shape index (κ1) is 31.9. The molecule has 5 heteroatoms. The Hall–Kier alpha value is -7.63. The molecule has 0 saturated heterocycles. The van der Waals surface area contributed by atoms with E-state index in [1.807, 2.05) is 42.5 Å². The van der Waals surface area contributed by atoms with Crippen molar-refractivity contribution in [3.8, 4) is 62.1 Å². The average molecular weight is 717 g/mol. The van der Waals surface area contributed by atoms with E-state index in [4.69, 9.17) is 19.4 Å². The third-order valence-corrected chi connectivity index (χ3v) is 10.6. The van der Waals surface area contributed by atoms with Crippen LogP contribution in [0.2, 0.25) is 0 Å². The van der Waals surface area contributed by atoms with Gasteiger partial charge in [-0.15, -0.1) is 0 Å². The van der Waals surface area contributed by atoms with E-state index in [0.717, 1.165) is 77.6 Å². The summed E-state index contributed by atoms with van der Waals surface area (Å²) in [6.07, 6.45) is 0. The molecule has 0 bridgehead atoms. The number of furan rings is 1. The van der Waals surface area contributed by atoms with Crippen molar-refractivity contribution in [2.75, 3.05) is 0 Å². The van der Waals surface area contributed by atoms with Gasteiger partial charge in [0.05, 0.1) is 11.0 Å². The van der Waals surface area contributed by atoms with E-state index in [-0.39, 0.29) is 0 Å². The van der Waals surface area contributed by atoms with Crippen molar-refractivity contribution in [2.24, 2.45) is 0 Å². The molecule has 5 nitrogen and oxygen atoms in total. The highest BCUT2D eigenvalue weighted by Gasteiger charge is 2.20. The van der Waals surface area contributed by atoms with Crippen molar-refractivity contribution < 1.29 is 4.42 Å². The van der Waals surface area contributed by atoms with Crippen molar-refractivity contribution >= 4 is 43.7 Å². The molecule has 8 aromatic carbocycles. The highest BCUT2D eigenvalue weighted by atomic mass is 16.3. The molecule has 0 fully saturated rings. The molecule has 0 aliphatic carbocycles. The van der Waals surface area contributed by atoms with Crippen LogP contribution in [0.5, 0.6) is 0 Å². The Labute approximate surface area is 322 Å². The van der Waals surface area contributed by atoms with Gasteiger partial charge in [0, 0.05) is 43.9 Å². The summed E-state index contributed by atoms with van der Waals surface area (Å²) in [6, 6.07) is 67.3. The van der Waals surface area contributed by atoms with E-state index in [1.165, 1.54) is 10.8 Å². The Kier molecular flexibility index (Phi) is 7.42. The Morgan fingerprint density at radius 2 is 0.875 bits per heavy atom. The molecule has 11 aromatic rings. The molecule has 3 heterocycles. The minimum Gasteiger partial charge on any atom is -0.456 e. The third kappa shape index (κ3) is 5.37. The van der Waals surface area contributed by atoms with Crippen molar-refractivity contribution in [3.63, 3.8) is 0 Å². The number of nitrogens with zero attached hydrogens (tertiary/aromatic N) is 4. The highest BCUT2D eigenvalue weighted by Crippen LogP contribution is 2.41. The SMILES string of the molecule is c1ccc(-c2ccc3c(c2)oc2cc(-c4nc(-c5ccccc5)nc(-c5cccc(-n6c7ccccc7c7ccccc76)c5)n4)cc(-c4ccccc4)c23)cc1. The molecular weight excluding hydrogens is 685 g/mol. The molecule has 0 amide bonds. The summed E-state index contributed by atoms with van der Waals surface area (Å²) >= 11 is 0. The van der Waals surface area contributed by atoms with Crippen molar-refractivity contribution in [1.82, 2.24) is 19.5 Å². The first-order chi connectivity index (χ1) is 27.7. The zero-order valence-electron chi connectivity index (χ0n) is 30.2. The molecule has 56 heavy (non-hydrogen) atoms. The van der Waals surface area contributed by atoms with Crippen molar-refractivity contribution in [3.05, 3.63) is 194 Å². The molecule has 0 atom stereocenters. The second-order valence-corrected chi connectivity index (χ2v) is 14.0. The first-order valence-corrected chi connectivity index (χ1v) is 18.8. The fourth-order valence-electron chi connectivity index (χ4n) is 8.03. The molecule has 262 valence electrons. The lowest BCUT2D eigenvalue weighted by Crippen LogP contribution is -2.01. The average Bonchev–Trinajstić information content (AvgIpc) is 3.82. The smallest absolute Gasteiger partial charge is 0.164 e. The maximum absolute atomic E-state index is 6.72. The number of para-hydroxylation sites is 2. The van der Waals surface area contributed by atoms with Gasteiger partial charge < -0.3 is 8.98 Å². The summed E-state index contributed by atoms with van der Waals surface area (Å²) < 4.78 is 9.04. The van der Waals surface area contributed by atoms with E-state index in [0.29, 0.717) is 17.5 Å². The lowest BCUT2D eigenvalue weighted by molar-refractivity contribution is 0.669. The largest absolute Gasteiger partial charge is 0.456 e. The molecule has 0 aliphatic heterocycles. The van der Waals surface area contributed by atoms with Crippen molar-refractivity contribution in [2.45, 2.75) is 0 Å². The Bertz CT molecular complexity index is 3190. The van der Waals surface area contributed by atoms with Gasteiger partial charge in [0.25, 0.3) is 0 Å². The van der Waals surface area contributed by atoms with Gasteiger partial charge in [-0.3, -0.25) is 0 Å². The minimum absolute atomic E-state index is 0.570.